The van der Waals surface area contributed by atoms with Gasteiger partial charge >= 0.3 is 0 Å². The third kappa shape index (κ3) is 3.83. The molecule has 20 heavy (non-hydrogen) atoms. The first-order chi connectivity index (χ1) is 9.61. The van der Waals surface area contributed by atoms with Gasteiger partial charge in [0, 0.05) is 19.6 Å². The molecule has 1 aliphatic rings. The van der Waals surface area contributed by atoms with Crippen molar-refractivity contribution in [2.75, 3.05) is 19.6 Å². The molecular weight excluding hydrogens is 246 g/mol. The van der Waals surface area contributed by atoms with Gasteiger partial charge in [-0.05, 0) is 29.7 Å². The van der Waals surface area contributed by atoms with Crippen LogP contribution in [0.5, 0.6) is 0 Å². The number of piperidine rings is 1. The van der Waals surface area contributed by atoms with Gasteiger partial charge in [-0.25, -0.2) is 0 Å². The van der Waals surface area contributed by atoms with E-state index >= 15 is 0 Å². The number of likely N-dealkylation sites (tertiary alicyclic amines) is 1. The maximum atomic E-state index is 10.4. The molecule has 4 unspecified atom stereocenters. The number of hydrogen-bond acceptors (Lipinski definition) is 2. The summed E-state index contributed by atoms with van der Waals surface area (Å²) in [6, 6.07) is 10.0. The van der Waals surface area contributed by atoms with Gasteiger partial charge < -0.3 is 5.11 Å². The summed E-state index contributed by atoms with van der Waals surface area (Å²) in [7, 11) is 0. The van der Waals surface area contributed by atoms with Gasteiger partial charge in [0.1, 0.15) is 0 Å². The largest absolute Gasteiger partial charge is 0.387 e. The monoisotopic (exact) mass is 275 g/mol. The summed E-state index contributed by atoms with van der Waals surface area (Å²) in [6.45, 7) is 10.1. The number of rotatable bonds is 5. The van der Waals surface area contributed by atoms with E-state index in [0.29, 0.717) is 0 Å². The zero-order valence-electron chi connectivity index (χ0n) is 13.1. The predicted molar refractivity (Wildman–Crippen MR) is 84.6 cm³/mol. The van der Waals surface area contributed by atoms with Gasteiger partial charge in [0.2, 0.25) is 0 Å². The smallest absolute Gasteiger partial charge is 0.0916 e. The zero-order chi connectivity index (χ0) is 14.5. The molecule has 2 heteroatoms. The van der Waals surface area contributed by atoms with Crippen LogP contribution in [0.4, 0.5) is 0 Å². The molecule has 0 aliphatic carbocycles. The standard InChI is InChI=1S/C18H29NO/c1-4-8-17-12-19(11-14(2)15(17)3)13-18(20)16-9-6-5-7-10-16/h5-7,9-10,14-15,17-18,20H,4,8,11-13H2,1-3H3. The van der Waals surface area contributed by atoms with Crippen molar-refractivity contribution in [3.63, 3.8) is 0 Å². The van der Waals surface area contributed by atoms with Crippen molar-refractivity contribution in [2.45, 2.75) is 39.7 Å². The predicted octanol–water partition coefficient (Wildman–Crippen LogP) is 3.72. The van der Waals surface area contributed by atoms with Crippen LogP contribution in [0.3, 0.4) is 0 Å². The lowest BCUT2D eigenvalue weighted by Crippen LogP contribution is -2.45. The van der Waals surface area contributed by atoms with E-state index in [9.17, 15) is 5.11 Å². The minimum atomic E-state index is -0.362. The molecule has 1 saturated heterocycles. The molecule has 1 fully saturated rings. The normalized spacial score (nSPS) is 29.3. The SMILES string of the molecule is CCCC1CN(CC(O)c2ccccc2)CC(C)C1C. The fraction of sp³-hybridized carbons (Fsp3) is 0.667. The summed E-state index contributed by atoms with van der Waals surface area (Å²) in [5, 5.41) is 10.4. The fourth-order valence-electron chi connectivity index (χ4n) is 3.51. The molecule has 0 spiro atoms. The third-order valence-electron chi connectivity index (χ3n) is 4.95. The number of benzene rings is 1. The molecule has 1 aromatic rings. The van der Waals surface area contributed by atoms with Crippen molar-refractivity contribution in [1.82, 2.24) is 4.90 Å². The molecular formula is C18H29NO. The number of hydrogen-bond donors (Lipinski definition) is 1. The van der Waals surface area contributed by atoms with Gasteiger partial charge in [-0.1, -0.05) is 57.5 Å². The van der Waals surface area contributed by atoms with Crippen molar-refractivity contribution < 1.29 is 5.11 Å². The summed E-state index contributed by atoms with van der Waals surface area (Å²) < 4.78 is 0. The van der Waals surface area contributed by atoms with E-state index in [0.717, 1.165) is 43.0 Å². The van der Waals surface area contributed by atoms with Gasteiger partial charge in [0.25, 0.3) is 0 Å². The van der Waals surface area contributed by atoms with Gasteiger partial charge in [-0.15, -0.1) is 0 Å². The molecule has 0 saturated carbocycles. The molecule has 2 nitrogen and oxygen atoms in total. The Morgan fingerprint density at radius 3 is 2.55 bits per heavy atom. The quantitative estimate of drug-likeness (QED) is 0.885. The Balaban J connectivity index is 1.95. The lowest BCUT2D eigenvalue weighted by molar-refractivity contribution is 0.0348. The first-order valence-corrected chi connectivity index (χ1v) is 8.07. The highest BCUT2D eigenvalue weighted by Gasteiger charge is 2.31. The zero-order valence-corrected chi connectivity index (χ0v) is 13.1. The molecule has 0 radical (unpaired) electrons. The Labute approximate surface area is 123 Å². The van der Waals surface area contributed by atoms with Crippen molar-refractivity contribution in [3.05, 3.63) is 35.9 Å². The molecule has 0 bridgehead atoms. The van der Waals surface area contributed by atoms with Crippen LogP contribution in [-0.2, 0) is 0 Å². The Bertz CT molecular complexity index is 392. The highest BCUT2D eigenvalue weighted by molar-refractivity contribution is 5.17. The molecule has 1 aromatic carbocycles. The number of aliphatic hydroxyl groups excluding tert-OH is 1. The molecule has 1 heterocycles. The van der Waals surface area contributed by atoms with E-state index in [1.165, 1.54) is 12.8 Å². The van der Waals surface area contributed by atoms with Crippen LogP contribution >= 0.6 is 0 Å². The second-order valence-electron chi connectivity index (χ2n) is 6.53. The number of aliphatic hydroxyl groups is 1. The maximum absolute atomic E-state index is 10.4. The molecule has 4 atom stereocenters. The molecule has 2 rings (SSSR count). The summed E-state index contributed by atoms with van der Waals surface area (Å²) in [5.41, 5.74) is 1.03. The topological polar surface area (TPSA) is 23.5 Å². The number of β-amino-alcohol motifs (C(OH)–C–C–N with tert-alkyl or cyclic N) is 1. The van der Waals surface area contributed by atoms with Crippen LogP contribution in [-0.4, -0.2) is 29.6 Å². The number of nitrogens with zero attached hydrogens (tertiary/aromatic N) is 1. The molecule has 0 aromatic heterocycles. The van der Waals surface area contributed by atoms with Crippen molar-refractivity contribution >= 4 is 0 Å². The molecule has 1 aliphatic heterocycles. The lowest BCUT2D eigenvalue weighted by atomic mass is 9.77. The second kappa shape index (κ2) is 7.24. The van der Waals surface area contributed by atoms with Gasteiger partial charge in [0.05, 0.1) is 6.10 Å². The van der Waals surface area contributed by atoms with E-state index < -0.39 is 0 Å². The summed E-state index contributed by atoms with van der Waals surface area (Å²) >= 11 is 0. The van der Waals surface area contributed by atoms with E-state index in [2.05, 4.69) is 25.7 Å². The van der Waals surface area contributed by atoms with E-state index in [1.807, 2.05) is 30.3 Å². The summed E-state index contributed by atoms with van der Waals surface area (Å²) in [4.78, 5) is 2.46. The Morgan fingerprint density at radius 1 is 1.20 bits per heavy atom. The minimum Gasteiger partial charge on any atom is -0.387 e. The van der Waals surface area contributed by atoms with Gasteiger partial charge in [0.15, 0.2) is 0 Å². The second-order valence-corrected chi connectivity index (χ2v) is 6.53. The average molecular weight is 275 g/mol. The highest BCUT2D eigenvalue weighted by atomic mass is 16.3. The van der Waals surface area contributed by atoms with Crippen LogP contribution in [0, 0.1) is 17.8 Å². The van der Waals surface area contributed by atoms with Crippen LogP contribution in [0.25, 0.3) is 0 Å². The Morgan fingerprint density at radius 2 is 1.90 bits per heavy atom. The van der Waals surface area contributed by atoms with Crippen molar-refractivity contribution in [1.29, 1.82) is 0 Å². The van der Waals surface area contributed by atoms with Crippen molar-refractivity contribution in [2.24, 2.45) is 17.8 Å². The average Bonchev–Trinajstić information content (AvgIpc) is 2.45. The Kier molecular flexibility index (Phi) is 5.62. The van der Waals surface area contributed by atoms with E-state index in [-0.39, 0.29) is 6.10 Å². The first kappa shape index (κ1) is 15.5. The summed E-state index contributed by atoms with van der Waals surface area (Å²) in [6.07, 6.45) is 2.21. The molecule has 0 amide bonds. The van der Waals surface area contributed by atoms with Gasteiger partial charge in [-0.2, -0.15) is 0 Å². The van der Waals surface area contributed by atoms with Crippen LogP contribution in [0.1, 0.15) is 45.3 Å². The van der Waals surface area contributed by atoms with Crippen LogP contribution < -0.4 is 0 Å². The highest BCUT2D eigenvalue weighted by Crippen LogP contribution is 2.32. The van der Waals surface area contributed by atoms with E-state index in [1.54, 1.807) is 0 Å². The van der Waals surface area contributed by atoms with Crippen molar-refractivity contribution in [3.8, 4) is 0 Å². The van der Waals surface area contributed by atoms with E-state index in [4.69, 9.17) is 0 Å². The van der Waals surface area contributed by atoms with Crippen LogP contribution in [0.2, 0.25) is 0 Å². The molecule has 1 N–H and O–H groups in total. The van der Waals surface area contributed by atoms with Crippen LogP contribution in [0.15, 0.2) is 30.3 Å². The van der Waals surface area contributed by atoms with Gasteiger partial charge in [-0.3, -0.25) is 4.90 Å². The molecule has 112 valence electrons. The first-order valence-electron chi connectivity index (χ1n) is 8.07. The summed E-state index contributed by atoms with van der Waals surface area (Å²) in [5.74, 6) is 2.31. The lowest BCUT2D eigenvalue weighted by Gasteiger charge is -2.42. The fourth-order valence-corrected chi connectivity index (χ4v) is 3.51. The maximum Gasteiger partial charge on any atom is 0.0916 e. The minimum absolute atomic E-state index is 0.362. The third-order valence-corrected chi connectivity index (χ3v) is 4.95. The Hall–Kier alpha value is -0.860.